The first-order valence-electron chi connectivity index (χ1n) is 4.79. The van der Waals surface area contributed by atoms with Crippen LogP contribution in [0.4, 0.5) is 14.5 Å². The number of alkyl halides is 2. The maximum Gasteiger partial charge on any atom is 0.240 e. The molecule has 1 aromatic carbocycles. The molecule has 0 saturated heterocycles. The van der Waals surface area contributed by atoms with Gasteiger partial charge in [-0.2, -0.15) is 0 Å². The molecule has 0 N–H and O–H groups in total. The van der Waals surface area contributed by atoms with Crippen LogP contribution in [0, 0.1) is 6.54 Å². The fraction of sp³-hybridized carbons (Fsp3) is 0.250. The van der Waals surface area contributed by atoms with E-state index in [0.717, 1.165) is 5.69 Å². The molecular formula is C12H14F2N. The van der Waals surface area contributed by atoms with Gasteiger partial charge in [0.2, 0.25) is 6.43 Å². The summed E-state index contributed by atoms with van der Waals surface area (Å²) in [6, 6.07) is 9.41. The quantitative estimate of drug-likeness (QED) is 0.694. The van der Waals surface area contributed by atoms with Gasteiger partial charge in [-0.1, -0.05) is 24.3 Å². The molecule has 1 nitrogen and oxygen atoms in total. The Morgan fingerprint density at radius 2 is 1.93 bits per heavy atom. The largest absolute Gasteiger partial charge is 0.362 e. The molecule has 81 valence electrons. The molecule has 0 spiro atoms. The minimum absolute atomic E-state index is 0.140. The second kappa shape index (κ2) is 6.17. The molecule has 3 heteroatoms. The number of benzene rings is 1. The fourth-order valence-corrected chi connectivity index (χ4v) is 1.27. The number of nitrogens with zero attached hydrogens (tertiary/aromatic N) is 1. The first-order chi connectivity index (χ1) is 7.24. The van der Waals surface area contributed by atoms with Gasteiger partial charge in [0.25, 0.3) is 0 Å². The highest BCUT2D eigenvalue weighted by atomic mass is 19.3. The maximum atomic E-state index is 12.1. The summed E-state index contributed by atoms with van der Waals surface area (Å²) in [6.45, 7) is 5.57. The van der Waals surface area contributed by atoms with Gasteiger partial charge in [0.1, 0.15) is 0 Å². The highest BCUT2D eigenvalue weighted by molar-refractivity contribution is 5.48. The van der Waals surface area contributed by atoms with E-state index in [9.17, 15) is 8.78 Å². The Morgan fingerprint density at radius 3 is 2.47 bits per heavy atom. The van der Waals surface area contributed by atoms with Crippen molar-refractivity contribution < 1.29 is 8.78 Å². The van der Waals surface area contributed by atoms with Crippen LogP contribution in [-0.4, -0.2) is 13.0 Å². The summed E-state index contributed by atoms with van der Waals surface area (Å²) in [5.74, 6) is 0. The molecule has 0 aliphatic carbocycles. The van der Waals surface area contributed by atoms with Crippen LogP contribution in [0.1, 0.15) is 6.42 Å². The van der Waals surface area contributed by atoms with Crippen LogP contribution in [0.5, 0.6) is 0 Å². The molecular weight excluding hydrogens is 196 g/mol. The number of rotatable bonds is 6. The van der Waals surface area contributed by atoms with Crippen molar-refractivity contribution in [3.8, 4) is 0 Å². The smallest absolute Gasteiger partial charge is 0.240 e. The first kappa shape index (κ1) is 11.7. The summed E-state index contributed by atoms with van der Waals surface area (Å²) in [5, 5.41) is 0. The van der Waals surface area contributed by atoms with Gasteiger partial charge in [0.15, 0.2) is 0 Å². The highest BCUT2D eigenvalue weighted by Gasteiger charge is 2.08. The van der Waals surface area contributed by atoms with Crippen molar-refractivity contribution in [1.29, 1.82) is 0 Å². The van der Waals surface area contributed by atoms with Gasteiger partial charge in [-0.3, -0.25) is 0 Å². The Kier molecular flexibility index (Phi) is 4.81. The van der Waals surface area contributed by atoms with Crippen molar-refractivity contribution in [2.24, 2.45) is 0 Å². The van der Waals surface area contributed by atoms with Gasteiger partial charge in [-0.25, -0.2) is 8.78 Å². The molecule has 0 aliphatic rings. The predicted octanol–water partition coefficient (Wildman–Crippen LogP) is 3.50. The zero-order chi connectivity index (χ0) is 11.1. The number of halogens is 2. The zero-order valence-corrected chi connectivity index (χ0v) is 8.44. The highest BCUT2D eigenvalue weighted by Crippen LogP contribution is 2.16. The molecule has 0 atom stereocenters. The molecule has 0 unspecified atom stereocenters. The van der Waals surface area contributed by atoms with Gasteiger partial charge < -0.3 is 4.90 Å². The Hall–Kier alpha value is -1.38. The van der Waals surface area contributed by atoms with Crippen LogP contribution in [0.3, 0.4) is 0 Å². The predicted molar refractivity (Wildman–Crippen MR) is 58.9 cm³/mol. The monoisotopic (exact) mass is 210 g/mol. The third-order valence-corrected chi connectivity index (χ3v) is 1.96. The Balaban J connectivity index is 2.61. The SMILES string of the molecule is C=C[CH]N(CCC(F)F)c1ccccc1. The van der Waals surface area contributed by atoms with Gasteiger partial charge in [-0.05, 0) is 12.1 Å². The summed E-state index contributed by atoms with van der Waals surface area (Å²) in [5.41, 5.74) is 0.901. The first-order valence-corrected chi connectivity index (χ1v) is 4.79. The summed E-state index contributed by atoms with van der Waals surface area (Å²) >= 11 is 0. The van der Waals surface area contributed by atoms with Crippen LogP contribution in [0.25, 0.3) is 0 Å². The average molecular weight is 210 g/mol. The molecule has 0 amide bonds. The number of para-hydroxylation sites is 1. The molecule has 1 radical (unpaired) electrons. The lowest BCUT2D eigenvalue weighted by atomic mass is 10.2. The van der Waals surface area contributed by atoms with E-state index in [-0.39, 0.29) is 6.42 Å². The Morgan fingerprint density at radius 1 is 1.27 bits per heavy atom. The second-order valence-electron chi connectivity index (χ2n) is 3.09. The Bertz CT molecular complexity index is 285. The molecule has 0 heterocycles. The second-order valence-corrected chi connectivity index (χ2v) is 3.09. The van der Waals surface area contributed by atoms with E-state index >= 15 is 0 Å². The summed E-state index contributed by atoms with van der Waals surface area (Å²) in [6.07, 6.45) is -0.813. The van der Waals surface area contributed by atoms with Gasteiger partial charge in [0, 0.05) is 18.7 Å². The van der Waals surface area contributed by atoms with Crippen molar-refractivity contribution in [2.45, 2.75) is 12.8 Å². The fourth-order valence-electron chi connectivity index (χ4n) is 1.27. The lowest BCUT2D eigenvalue weighted by molar-refractivity contribution is 0.140. The van der Waals surface area contributed by atoms with E-state index in [1.807, 2.05) is 30.3 Å². The number of hydrogen-bond acceptors (Lipinski definition) is 1. The van der Waals surface area contributed by atoms with Crippen LogP contribution in [0.15, 0.2) is 43.0 Å². The average Bonchev–Trinajstić information content (AvgIpc) is 2.25. The summed E-state index contributed by atoms with van der Waals surface area (Å²) in [7, 11) is 0. The minimum Gasteiger partial charge on any atom is -0.362 e. The molecule has 0 bridgehead atoms. The van der Waals surface area contributed by atoms with Crippen molar-refractivity contribution in [1.82, 2.24) is 0 Å². The van der Waals surface area contributed by atoms with Gasteiger partial charge in [0.05, 0.1) is 6.54 Å². The normalized spacial score (nSPS) is 10.3. The van der Waals surface area contributed by atoms with Crippen LogP contribution in [-0.2, 0) is 0 Å². The molecule has 0 saturated carbocycles. The van der Waals surface area contributed by atoms with E-state index in [0.29, 0.717) is 6.54 Å². The molecule has 1 rings (SSSR count). The van der Waals surface area contributed by atoms with E-state index in [4.69, 9.17) is 0 Å². The van der Waals surface area contributed by atoms with Crippen LogP contribution in [0.2, 0.25) is 0 Å². The number of anilines is 1. The lowest BCUT2D eigenvalue weighted by Gasteiger charge is -2.22. The van der Waals surface area contributed by atoms with Gasteiger partial charge >= 0.3 is 0 Å². The molecule has 0 aliphatic heterocycles. The van der Waals surface area contributed by atoms with E-state index in [1.165, 1.54) is 0 Å². The summed E-state index contributed by atoms with van der Waals surface area (Å²) < 4.78 is 24.2. The molecule has 0 fully saturated rings. The number of hydrogen-bond donors (Lipinski definition) is 0. The lowest BCUT2D eigenvalue weighted by Crippen LogP contribution is -2.22. The third kappa shape index (κ3) is 4.11. The van der Waals surface area contributed by atoms with Crippen molar-refractivity contribution in [3.63, 3.8) is 0 Å². The van der Waals surface area contributed by atoms with E-state index < -0.39 is 6.43 Å². The summed E-state index contributed by atoms with van der Waals surface area (Å²) in [4.78, 5) is 1.76. The van der Waals surface area contributed by atoms with E-state index in [1.54, 1.807) is 17.5 Å². The van der Waals surface area contributed by atoms with Crippen molar-refractivity contribution >= 4 is 5.69 Å². The maximum absolute atomic E-state index is 12.1. The molecule has 1 aromatic rings. The van der Waals surface area contributed by atoms with Crippen LogP contribution >= 0.6 is 0 Å². The van der Waals surface area contributed by atoms with E-state index in [2.05, 4.69) is 6.58 Å². The zero-order valence-electron chi connectivity index (χ0n) is 8.44. The Labute approximate surface area is 89.0 Å². The topological polar surface area (TPSA) is 3.24 Å². The molecule has 15 heavy (non-hydrogen) atoms. The van der Waals surface area contributed by atoms with Crippen molar-refractivity contribution in [3.05, 3.63) is 49.5 Å². The molecule has 0 aromatic heterocycles. The van der Waals surface area contributed by atoms with Gasteiger partial charge in [-0.15, -0.1) is 6.58 Å². The standard InChI is InChI=1S/C12H14F2N/c1-2-9-15(10-8-12(13)14)11-6-4-3-5-7-11/h2-7,9,12H,1,8,10H2. The third-order valence-electron chi connectivity index (χ3n) is 1.96. The van der Waals surface area contributed by atoms with Crippen LogP contribution < -0.4 is 4.90 Å². The minimum atomic E-state index is -2.27. The van der Waals surface area contributed by atoms with Crippen molar-refractivity contribution in [2.75, 3.05) is 11.4 Å².